The number of ether oxygens (including phenoxy) is 1. The van der Waals surface area contributed by atoms with Gasteiger partial charge in [0.05, 0.1) is 30.7 Å². The maximum atomic E-state index is 13.5. The van der Waals surface area contributed by atoms with E-state index in [4.69, 9.17) is 4.74 Å². The zero-order valence-corrected chi connectivity index (χ0v) is 18.6. The number of sulfone groups is 1. The van der Waals surface area contributed by atoms with Crippen LogP contribution >= 0.6 is 0 Å². The molecule has 0 aromatic heterocycles. The lowest BCUT2D eigenvalue weighted by Crippen LogP contribution is -2.46. The molecule has 1 aromatic rings. The molecule has 3 aliphatic heterocycles. The highest BCUT2D eigenvalue weighted by molar-refractivity contribution is 7.91. The number of likely N-dealkylation sites (tertiary alicyclic amines) is 1. The predicted molar refractivity (Wildman–Crippen MR) is 116 cm³/mol. The first-order chi connectivity index (χ1) is 14.9. The zero-order valence-electron chi connectivity index (χ0n) is 17.8. The lowest BCUT2D eigenvalue weighted by molar-refractivity contribution is -0.134. The highest BCUT2D eigenvalue weighted by Gasteiger charge is 2.38. The van der Waals surface area contributed by atoms with Crippen LogP contribution in [0, 0.1) is 0 Å². The molecule has 2 fully saturated rings. The van der Waals surface area contributed by atoms with E-state index in [2.05, 4.69) is 5.10 Å². The molecule has 9 heteroatoms. The molecule has 0 bridgehead atoms. The molecule has 4 rings (SSSR count). The Labute approximate surface area is 183 Å². The molecule has 3 heterocycles. The second kappa shape index (κ2) is 8.98. The summed E-state index contributed by atoms with van der Waals surface area (Å²) < 4.78 is 29.0. The number of amides is 2. The summed E-state index contributed by atoms with van der Waals surface area (Å²) in [5.41, 5.74) is 1.41. The van der Waals surface area contributed by atoms with Gasteiger partial charge in [-0.1, -0.05) is 25.0 Å². The van der Waals surface area contributed by atoms with Crippen molar-refractivity contribution in [2.24, 2.45) is 5.10 Å². The van der Waals surface area contributed by atoms with Crippen molar-refractivity contribution in [2.75, 3.05) is 25.2 Å². The molecule has 2 atom stereocenters. The molecular formula is C22H29N3O5S. The normalized spacial score (nSPS) is 26.4. The number of hydrazone groups is 1. The number of carbonyl (C=O) groups excluding carboxylic acids is 2. The molecule has 0 saturated carbocycles. The third-order valence-electron chi connectivity index (χ3n) is 6.38. The first kappa shape index (κ1) is 21.8. The van der Waals surface area contributed by atoms with Gasteiger partial charge >= 0.3 is 0 Å². The van der Waals surface area contributed by atoms with Gasteiger partial charge in [0.25, 0.3) is 5.91 Å². The minimum Gasteiger partial charge on any atom is -0.497 e. The van der Waals surface area contributed by atoms with E-state index < -0.39 is 15.9 Å². The van der Waals surface area contributed by atoms with E-state index in [-0.39, 0.29) is 35.8 Å². The van der Waals surface area contributed by atoms with Crippen LogP contribution in [0.25, 0.3) is 0 Å². The Bertz CT molecular complexity index is 973. The third kappa shape index (κ3) is 4.76. The molecule has 0 radical (unpaired) electrons. The van der Waals surface area contributed by atoms with Gasteiger partial charge in [0.15, 0.2) is 9.84 Å². The molecule has 2 saturated heterocycles. The summed E-state index contributed by atoms with van der Waals surface area (Å²) in [5.74, 6) is 0.392. The standard InChI is InChI=1S/C22H29N3O5S/c1-30-18-8-6-16(7-9-18)20-5-3-2-4-13-24(20)22(27)19-10-11-21(26)25(23-19)17-12-14-31(28,29)15-17/h6-9,17,20H,2-5,10-15H2,1H3. The number of hydrogen-bond acceptors (Lipinski definition) is 6. The third-order valence-corrected chi connectivity index (χ3v) is 8.13. The highest BCUT2D eigenvalue weighted by Crippen LogP contribution is 2.32. The van der Waals surface area contributed by atoms with E-state index in [9.17, 15) is 18.0 Å². The summed E-state index contributed by atoms with van der Waals surface area (Å²) in [6, 6.07) is 7.28. The predicted octanol–water partition coefficient (Wildman–Crippen LogP) is 2.30. The molecule has 2 unspecified atom stereocenters. The van der Waals surface area contributed by atoms with Crippen LogP contribution in [0.5, 0.6) is 5.75 Å². The SMILES string of the molecule is COc1ccc(C2CCCCCN2C(=O)C2=NN(C3CCS(=O)(=O)C3)C(=O)CC2)cc1. The number of carbonyl (C=O) groups is 2. The fraction of sp³-hybridized carbons (Fsp3) is 0.591. The molecule has 8 nitrogen and oxygen atoms in total. The number of nitrogens with zero attached hydrogens (tertiary/aromatic N) is 3. The molecule has 31 heavy (non-hydrogen) atoms. The van der Waals surface area contributed by atoms with Crippen LogP contribution in [0.15, 0.2) is 29.4 Å². The second-order valence-electron chi connectivity index (χ2n) is 8.48. The summed E-state index contributed by atoms with van der Waals surface area (Å²) in [4.78, 5) is 27.8. The van der Waals surface area contributed by atoms with Gasteiger partial charge < -0.3 is 9.64 Å². The van der Waals surface area contributed by atoms with Crippen LogP contribution in [0.1, 0.15) is 56.6 Å². The molecule has 0 aliphatic carbocycles. The van der Waals surface area contributed by atoms with E-state index >= 15 is 0 Å². The van der Waals surface area contributed by atoms with E-state index in [1.165, 1.54) is 5.01 Å². The van der Waals surface area contributed by atoms with E-state index in [0.717, 1.165) is 37.0 Å². The van der Waals surface area contributed by atoms with Crippen molar-refractivity contribution in [1.82, 2.24) is 9.91 Å². The largest absolute Gasteiger partial charge is 0.497 e. The average Bonchev–Trinajstić information content (AvgIpc) is 2.98. The maximum Gasteiger partial charge on any atom is 0.270 e. The Balaban J connectivity index is 1.58. The maximum absolute atomic E-state index is 13.5. The first-order valence-corrected chi connectivity index (χ1v) is 12.7. The van der Waals surface area contributed by atoms with Crippen LogP contribution < -0.4 is 4.74 Å². The fourth-order valence-corrected chi connectivity index (χ4v) is 6.36. The summed E-state index contributed by atoms with van der Waals surface area (Å²) in [5, 5.41) is 5.66. The quantitative estimate of drug-likeness (QED) is 0.706. The Hall–Kier alpha value is -2.42. The van der Waals surface area contributed by atoms with Gasteiger partial charge in [-0.3, -0.25) is 9.59 Å². The fourth-order valence-electron chi connectivity index (χ4n) is 4.67. The van der Waals surface area contributed by atoms with Gasteiger partial charge in [-0.15, -0.1) is 0 Å². The minimum atomic E-state index is -3.15. The summed E-state index contributed by atoms with van der Waals surface area (Å²) in [6.45, 7) is 0.639. The summed E-state index contributed by atoms with van der Waals surface area (Å²) >= 11 is 0. The number of methoxy groups -OCH3 is 1. The van der Waals surface area contributed by atoms with E-state index in [1.54, 1.807) is 7.11 Å². The van der Waals surface area contributed by atoms with Gasteiger partial charge in [-0.2, -0.15) is 5.10 Å². The zero-order chi connectivity index (χ0) is 22.0. The topological polar surface area (TPSA) is 96.3 Å². The molecular weight excluding hydrogens is 418 g/mol. The van der Waals surface area contributed by atoms with Crippen LogP contribution in [0.4, 0.5) is 0 Å². The van der Waals surface area contributed by atoms with Crippen molar-refractivity contribution in [3.8, 4) is 5.75 Å². The Morgan fingerprint density at radius 3 is 2.55 bits per heavy atom. The van der Waals surface area contributed by atoms with Crippen molar-refractivity contribution in [3.63, 3.8) is 0 Å². The molecule has 0 spiro atoms. The van der Waals surface area contributed by atoms with Crippen molar-refractivity contribution in [1.29, 1.82) is 0 Å². The van der Waals surface area contributed by atoms with Gasteiger partial charge in [0.2, 0.25) is 5.91 Å². The van der Waals surface area contributed by atoms with Crippen LogP contribution in [-0.4, -0.2) is 67.1 Å². The number of rotatable bonds is 4. The van der Waals surface area contributed by atoms with Crippen molar-refractivity contribution < 1.29 is 22.7 Å². The average molecular weight is 448 g/mol. The molecule has 3 aliphatic rings. The smallest absolute Gasteiger partial charge is 0.270 e. The van der Waals surface area contributed by atoms with E-state index in [1.807, 2.05) is 29.2 Å². The van der Waals surface area contributed by atoms with Gasteiger partial charge in [-0.25, -0.2) is 13.4 Å². The number of hydrogen-bond donors (Lipinski definition) is 0. The highest BCUT2D eigenvalue weighted by atomic mass is 32.2. The van der Waals surface area contributed by atoms with Gasteiger partial charge in [0, 0.05) is 19.4 Å². The van der Waals surface area contributed by atoms with Crippen LogP contribution in [0.2, 0.25) is 0 Å². The van der Waals surface area contributed by atoms with Crippen LogP contribution in [-0.2, 0) is 19.4 Å². The lowest BCUT2D eigenvalue weighted by Gasteiger charge is -2.33. The Morgan fingerprint density at radius 1 is 1.10 bits per heavy atom. The Kier molecular flexibility index (Phi) is 6.31. The van der Waals surface area contributed by atoms with Crippen LogP contribution in [0.3, 0.4) is 0 Å². The number of benzene rings is 1. The molecule has 1 aromatic carbocycles. The monoisotopic (exact) mass is 447 g/mol. The first-order valence-electron chi connectivity index (χ1n) is 10.9. The molecule has 2 amide bonds. The summed E-state index contributed by atoms with van der Waals surface area (Å²) in [7, 11) is -1.53. The van der Waals surface area contributed by atoms with Crippen molar-refractivity contribution in [2.45, 2.75) is 57.0 Å². The lowest BCUT2D eigenvalue weighted by atomic mass is 9.99. The van der Waals surface area contributed by atoms with Crippen molar-refractivity contribution in [3.05, 3.63) is 29.8 Å². The molecule has 168 valence electrons. The minimum absolute atomic E-state index is 0.0541. The Morgan fingerprint density at radius 2 is 1.87 bits per heavy atom. The second-order valence-corrected chi connectivity index (χ2v) is 10.7. The summed E-state index contributed by atoms with van der Waals surface area (Å²) in [6.07, 6.45) is 4.74. The molecule has 0 N–H and O–H groups in total. The van der Waals surface area contributed by atoms with Crippen molar-refractivity contribution >= 4 is 27.4 Å². The van der Waals surface area contributed by atoms with E-state index in [0.29, 0.717) is 25.1 Å². The van der Waals surface area contributed by atoms with Gasteiger partial charge in [-0.05, 0) is 37.0 Å². The van der Waals surface area contributed by atoms with Gasteiger partial charge in [0.1, 0.15) is 11.5 Å².